The minimum absolute atomic E-state index is 0.0502. The number of halogens is 2. The fraction of sp³-hybridized carbons (Fsp3) is 0.360. The molecule has 1 N–H and O–H groups in total. The Bertz CT molecular complexity index is 1360. The average Bonchev–Trinajstić information content (AvgIpc) is 3.51. The second-order valence-corrected chi connectivity index (χ2v) is 11.7. The van der Waals surface area contributed by atoms with Crippen molar-refractivity contribution in [1.82, 2.24) is 14.8 Å². The number of ether oxygens (including phenoxy) is 1. The van der Waals surface area contributed by atoms with E-state index in [0.29, 0.717) is 24.4 Å². The fourth-order valence-electron chi connectivity index (χ4n) is 4.69. The summed E-state index contributed by atoms with van der Waals surface area (Å²) in [6.07, 6.45) is 2.76. The molecule has 2 heterocycles. The Morgan fingerprint density at radius 1 is 1.17 bits per heavy atom. The van der Waals surface area contributed by atoms with E-state index in [1.807, 2.05) is 30.3 Å². The molecule has 1 fully saturated rings. The van der Waals surface area contributed by atoms with E-state index in [1.54, 1.807) is 0 Å². The molecule has 1 aliphatic carbocycles. The summed E-state index contributed by atoms with van der Waals surface area (Å²) in [5.41, 5.74) is 1.62. The van der Waals surface area contributed by atoms with Crippen LogP contribution in [0.25, 0.3) is 0 Å². The van der Waals surface area contributed by atoms with Gasteiger partial charge in [0.05, 0.1) is 23.8 Å². The van der Waals surface area contributed by atoms with Crippen LogP contribution in [0.3, 0.4) is 0 Å². The lowest BCUT2D eigenvalue weighted by atomic mass is 10.1. The van der Waals surface area contributed by atoms with Crippen molar-refractivity contribution in [2.75, 3.05) is 6.54 Å². The zero-order valence-electron chi connectivity index (χ0n) is 19.3. The molecular weight excluding hydrogens is 525 g/mol. The van der Waals surface area contributed by atoms with E-state index >= 15 is 0 Å². The molecule has 2 aliphatic rings. The summed E-state index contributed by atoms with van der Waals surface area (Å²) in [5, 5.41) is 7.35. The van der Waals surface area contributed by atoms with Crippen LogP contribution in [-0.2, 0) is 34.3 Å². The van der Waals surface area contributed by atoms with Gasteiger partial charge in [0.15, 0.2) is 5.69 Å². The molecule has 0 radical (unpaired) electrons. The fourth-order valence-corrected chi connectivity index (χ4v) is 6.83. The lowest BCUT2D eigenvalue weighted by molar-refractivity contribution is 0.0270. The second-order valence-electron chi connectivity index (χ2n) is 8.94. The van der Waals surface area contributed by atoms with Crippen LogP contribution in [0.15, 0.2) is 57.9 Å². The van der Waals surface area contributed by atoms with Gasteiger partial charge in [-0.1, -0.05) is 58.7 Å². The highest BCUT2D eigenvalue weighted by atomic mass is 35.5. The van der Waals surface area contributed by atoms with Crippen molar-refractivity contribution in [1.29, 1.82) is 0 Å². The predicted molar refractivity (Wildman–Crippen MR) is 134 cm³/mol. The molecule has 1 aliphatic heterocycles. The third-order valence-corrected chi connectivity index (χ3v) is 9.16. The maximum Gasteiger partial charge on any atom is 0.274 e. The molecule has 11 heteroatoms. The molecular formula is C25H25Cl2N3O5S. The Balaban J connectivity index is 1.29. The van der Waals surface area contributed by atoms with E-state index in [0.717, 1.165) is 24.8 Å². The van der Waals surface area contributed by atoms with E-state index in [1.165, 1.54) is 22.5 Å². The first-order valence-electron chi connectivity index (χ1n) is 11.7. The largest absolute Gasteiger partial charge is 0.371 e. The van der Waals surface area contributed by atoms with Crippen LogP contribution >= 0.6 is 23.2 Å². The second kappa shape index (κ2) is 10.5. The van der Waals surface area contributed by atoms with Crippen molar-refractivity contribution >= 4 is 39.1 Å². The number of benzene rings is 2. The van der Waals surface area contributed by atoms with Crippen molar-refractivity contribution in [3.05, 3.63) is 81.2 Å². The van der Waals surface area contributed by atoms with Gasteiger partial charge in [0, 0.05) is 30.1 Å². The first-order chi connectivity index (χ1) is 17.3. The van der Waals surface area contributed by atoms with E-state index < -0.39 is 15.9 Å². The molecule has 0 saturated heterocycles. The van der Waals surface area contributed by atoms with Gasteiger partial charge in [-0.2, -0.15) is 4.31 Å². The monoisotopic (exact) mass is 549 g/mol. The molecule has 2 atom stereocenters. The third kappa shape index (κ3) is 5.17. The smallest absolute Gasteiger partial charge is 0.274 e. The molecule has 1 saturated carbocycles. The Morgan fingerprint density at radius 2 is 1.97 bits per heavy atom. The van der Waals surface area contributed by atoms with E-state index in [-0.39, 0.29) is 45.9 Å². The van der Waals surface area contributed by atoms with Crippen molar-refractivity contribution in [2.24, 2.45) is 0 Å². The lowest BCUT2D eigenvalue weighted by Crippen LogP contribution is -2.42. The number of nitrogens with zero attached hydrogens (tertiary/aromatic N) is 2. The number of hydrogen-bond acceptors (Lipinski definition) is 6. The Labute approximate surface area is 219 Å². The number of carbonyl (C=O) groups excluding carboxylic acids is 1. The Kier molecular flexibility index (Phi) is 7.37. The van der Waals surface area contributed by atoms with E-state index in [2.05, 4.69) is 10.5 Å². The topological polar surface area (TPSA) is 102 Å². The molecule has 190 valence electrons. The van der Waals surface area contributed by atoms with Crippen LogP contribution < -0.4 is 5.32 Å². The summed E-state index contributed by atoms with van der Waals surface area (Å²) in [4.78, 5) is 13.1. The highest BCUT2D eigenvalue weighted by molar-refractivity contribution is 7.89. The van der Waals surface area contributed by atoms with Crippen molar-refractivity contribution in [3.8, 4) is 0 Å². The molecule has 2 aromatic carbocycles. The Hall–Kier alpha value is -2.43. The standard InChI is InChI=1S/C25H25Cl2N3O5S/c26-17-9-10-19(27)23(13-17)36(32,33)30-12-11-21-18(14-30)24(29-35-21)25(31)28-20-7-4-8-22(20)34-15-16-5-2-1-3-6-16/h1-3,5-6,9-10,13,20,22H,4,7-8,11-12,14-15H2,(H,28,31). The number of hydrogen-bond donors (Lipinski definition) is 1. The van der Waals surface area contributed by atoms with Gasteiger partial charge in [0.25, 0.3) is 5.91 Å². The lowest BCUT2D eigenvalue weighted by Gasteiger charge is -2.26. The number of fused-ring (bicyclic) bond motifs is 1. The maximum absolute atomic E-state index is 13.3. The summed E-state index contributed by atoms with van der Waals surface area (Å²) in [5.74, 6) is 0.104. The highest BCUT2D eigenvalue weighted by Crippen LogP contribution is 2.32. The van der Waals surface area contributed by atoms with Gasteiger partial charge in [-0.15, -0.1) is 0 Å². The molecule has 3 aromatic rings. The average molecular weight is 550 g/mol. The third-order valence-electron chi connectivity index (χ3n) is 6.59. The highest BCUT2D eigenvalue weighted by Gasteiger charge is 2.36. The molecule has 0 spiro atoms. The maximum atomic E-state index is 13.3. The summed E-state index contributed by atoms with van der Waals surface area (Å²) < 4.78 is 39.4. The minimum atomic E-state index is -3.95. The zero-order valence-corrected chi connectivity index (χ0v) is 21.7. The van der Waals surface area contributed by atoms with Crippen molar-refractivity contribution < 1.29 is 22.5 Å². The number of amides is 1. The van der Waals surface area contributed by atoms with Gasteiger partial charge < -0.3 is 14.6 Å². The van der Waals surface area contributed by atoms with Crippen LogP contribution in [-0.4, -0.2) is 42.5 Å². The number of rotatable bonds is 7. The summed E-state index contributed by atoms with van der Waals surface area (Å²) in [6, 6.07) is 14.0. The minimum Gasteiger partial charge on any atom is -0.371 e. The summed E-state index contributed by atoms with van der Waals surface area (Å²) in [7, 11) is -3.95. The van der Waals surface area contributed by atoms with Gasteiger partial charge in [0.1, 0.15) is 10.7 Å². The molecule has 8 nitrogen and oxygen atoms in total. The zero-order chi connectivity index (χ0) is 25.3. The summed E-state index contributed by atoms with van der Waals surface area (Å²) >= 11 is 12.2. The molecule has 1 aromatic heterocycles. The number of carbonyl (C=O) groups is 1. The number of sulfonamides is 1. The van der Waals surface area contributed by atoms with Gasteiger partial charge in [0.2, 0.25) is 10.0 Å². The SMILES string of the molecule is O=C(NC1CCCC1OCc1ccccc1)c1noc2c1CN(S(=O)(=O)c1cc(Cl)ccc1Cl)CC2. The predicted octanol–water partition coefficient (Wildman–Crippen LogP) is 4.60. The van der Waals surface area contributed by atoms with Crippen LogP contribution in [0.4, 0.5) is 0 Å². The van der Waals surface area contributed by atoms with Crippen LogP contribution in [0.5, 0.6) is 0 Å². The van der Waals surface area contributed by atoms with Crippen LogP contribution in [0.2, 0.25) is 10.0 Å². The molecule has 5 rings (SSSR count). The van der Waals surface area contributed by atoms with Crippen LogP contribution in [0, 0.1) is 0 Å². The Morgan fingerprint density at radius 3 is 2.78 bits per heavy atom. The van der Waals surface area contributed by atoms with Crippen LogP contribution in [0.1, 0.15) is 46.6 Å². The molecule has 0 bridgehead atoms. The molecule has 36 heavy (non-hydrogen) atoms. The van der Waals surface area contributed by atoms with Crippen molar-refractivity contribution in [2.45, 2.75) is 55.9 Å². The number of aromatic nitrogens is 1. The number of nitrogens with one attached hydrogen (secondary N) is 1. The van der Waals surface area contributed by atoms with Gasteiger partial charge in [-0.05, 0) is 43.0 Å². The van der Waals surface area contributed by atoms with Crippen molar-refractivity contribution in [3.63, 3.8) is 0 Å². The quantitative estimate of drug-likeness (QED) is 0.462. The van der Waals surface area contributed by atoms with E-state index in [4.69, 9.17) is 32.5 Å². The normalized spacial score (nSPS) is 20.3. The summed E-state index contributed by atoms with van der Waals surface area (Å²) in [6.45, 7) is 0.591. The van der Waals surface area contributed by atoms with E-state index in [9.17, 15) is 13.2 Å². The van der Waals surface area contributed by atoms with Gasteiger partial charge in [-0.25, -0.2) is 8.42 Å². The first kappa shape index (κ1) is 25.2. The van der Waals surface area contributed by atoms with Gasteiger partial charge in [-0.3, -0.25) is 4.79 Å². The van der Waals surface area contributed by atoms with Gasteiger partial charge >= 0.3 is 0 Å². The molecule has 2 unspecified atom stereocenters. The first-order valence-corrected chi connectivity index (χ1v) is 13.9. The molecule has 1 amide bonds.